The van der Waals surface area contributed by atoms with Crippen LogP contribution in [0.4, 0.5) is 0 Å². The summed E-state index contributed by atoms with van der Waals surface area (Å²) in [5, 5.41) is 8.49. The molecule has 0 radical (unpaired) electrons. The summed E-state index contributed by atoms with van der Waals surface area (Å²) < 4.78 is 75.2. The highest BCUT2D eigenvalue weighted by atomic mass is 16.6. The van der Waals surface area contributed by atoms with Gasteiger partial charge >= 0.3 is 11.9 Å². The summed E-state index contributed by atoms with van der Waals surface area (Å²) >= 11 is 0. The molecule has 0 aliphatic carbocycles. The number of hydrogen-bond donors (Lipinski definition) is 1. The number of carbonyl (C=O) groups excluding carboxylic acids is 1. The van der Waals surface area contributed by atoms with Crippen LogP contribution in [0.3, 0.4) is 0 Å². The van der Waals surface area contributed by atoms with Gasteiger partial charge in [0, 0.05) is 0 Å². The second-order valence-corrected chi connectivity index (χ2v) is 11.1. The topological polar surface area (TPSA) is 184 Å². The van der Waals surface area contributed by atoms with Gasteiger partial charge in [-0.15, -0.1) is 0 Å². The van der Waals surface area contributed by atoms with Gasteiger partial charge in [-0.1, -0.05) is 0 Å². The van der Waals surface area contributed by atoms with Crippen molar-refractivity contribution in [2.75, 3.05) is 172 Å². The number of carboxylic acid groups (broad SMARTS) is 1. The van der Waals surface area contributed by atoms with Crippen molar-refractivity contribution in [3.8, 4) is 0 Å². The minimum absolute atomic E-state index is 0.00686. The first-order chi connectivity index (χ1) is 24.3. The summed E-state index contributed by atoms with van der Waals surface area (Å²) in [4.78, 5) is 21.8. The van der Waals surface area contributed by atoms with Crippen LogP contribution >= 0.6 is 0 Å². The lowest BCUT2D eigenvalue weighted by Crippen LogP contribution is -2.27. The van der Waals surface area contributed by atoms with Gasteiger partial charge in [-0.3, -0.25) is 4.79 Å². The molecule has 0 amide bonds. The molecule has 0 aromatic heterocycles. The molecule has 1 N–H and O–H groups in total. The molecule has 0 atom stereocenters. The standard InChI is InChI=1S/C33H64O17/c1-33(2,3)50-32(36)30-49-29-28-48-27-26-47-25-24-46-23-22-45-21-20-44-19-18-43-17-16-42-15-14-41-13-12-40-11-10-39-9-8-38-7-6-37-5-4-31(34)35/h4-30H2,1-3H3,(H,34,35). The van der Waals surface area contributed by atoms with E-state index in [1.807, 2.05) is 20.8 Å². The maximum atomic E-state index is 11.5. The Bertz CT molecular complexity index is 723. The Morgan fingerprint density at radius 2 is 0.560 bits per heavy atom. The monoisotopic (exact) mass is 732 g/mol. The van der Waals surface area contributed by atoms with Gasteiger partial charge in [0.2, 0.25) is 0 Å². The van der Waals surface area contributed by atoms with Gasteiger partial charge in [0.15, 0.2) is 0 Å². The summed E-state index contributed by atoms with van der Waals surface area (Å²) in [6.07, 6.45) is -0.00686. The Morgan fingerprint density at radius 3 is 0.760 bits per heavy atom. The Labute approximate surface area is 297 Å². The fourth-order valence-electron chi connectivity index (χ4n) is 3.32. The molecule has 50 heavy (non-hydrogen) atoms. The van der Waals surface area contributed by atoms with E-state index in [1.54, 1.807) is 0 Å². The molecule has 0 saturated heterocycles. The Balaban J connectivity index is 3.10. The van der Waals surface area contributed by atoms with E-state index in [0.717, 1.165) is 0 Å². The number of carboxylic acids is 1. The number of hydrogen-bond acceptors (Lipinski definition) is 16. The van der Waals surface area contributed by atoms with Crippen molar-refractivity contribution in [3.05, 3.63) is 0 Å². The van der Waals surface area contributed by atoms with Gasteiger partial charge in [0.05, 0.1) is 172 Å². The molecule has 0 rings (SSSR count). The first kappa shape index (κ1) is 48.4. The van der Waals surface area contributed by atoms with Crippen molar-refractivity contribution in [1.82, 2.24) is 0 Å². The van der Waals surface area contributed by atoms with Crippen LogP contribution in [-0.2, 0) is 75.9 Å². The minimum atomic E-state index is -0.878. The molecule has 0 aromatic rings. The molecule has 298 valence electrons. The van der Waals surface area contributed by atoms with Crippen LogP contribution in [0.1, 0.15) is 27.2 Å². The van der Waals surface area contributed by atoms with Crippen molar-refractivity contribution in [3.63, 3.8) is 0 Å². The van der Waals surface area contributed by atoms with Crippen molar-refractivity contribution < 1.29 is 81.0 Å². The van der Waals surface area contributed by atoms with Crippen molar-refractivity contribution >= 4 is 11.9 Å². The summed E-state index contributed by atoms with van der Waals surface area (Å²) in [7, 11) is 0. The maximum absolute atomic E-state index is 11.5. The fourth-order valence-corrected chi connectivity index (χ4v) is 3.32. The van der Waals surface area contributed by atoms with Gasteiger partial charge in [0.1, 0.15) is 12.2 Å². The second kappa shape index (κ2) is 38.6. The van der Waals surface area contributed by atoms with Crippen molar-refractivity contribution in [2.24, 2.45) is 0 Å². The Hall–Kier alpha value is -1.58. The zero-order chi connectivity index (χ0) is 36.6. The van der Waals surface area contributed by atoms with Crippen LogP contribution in [0.25, 0.3) is 0 Å². The van der Waals surface area contributed by atoms with E-state index in [1.165, 1.54) is 0 Å². The van der Waals surface area contributed by atoms with Gasteiger partial charge in [-0.25, -0.2) is 4.79 Å². The quantitative estimate of drug-likeness (QED) is 0.0694. The van der Waals surface area contributed by atoms with Crippen LogP contribution < -0.4 is 0 Å². The van der Waals surface area contributed by atoms with E-state index < -0.39 is 17.5 Å². The summed E-state index contributed by atoms with van der Waals surface area (Å²) in [6.45, 7) is 16.4. The number of esters is 1. The van der Waals surface area contributed by atoms with Crippen LogP contribution in [0.5, 0.6) is 0 Å². The van der Waals surface area contributed by atoms with E-state index in [-0.39, 0.29) is 19.6 Å². The molecule has 0 aliphatic heterocycles. The van der Waals surface area contributed by atoms with Crippen molar-refractivity contribution in [1.29, 1.82) is 0 Å². The molecular formula is C33H64O17. The van der Waals surface area contributed by atoms with E-state index in [4.69, 9.17) is 71.4 Å². The molecule has 0 bridgehead atoms. The lowest BCUT2D eigenvalue weighted by molar-refractivity contribution is -0.160. The maximum Gasteiger partial charge on any atom is 0.332 e. The molecule has 17 nitrogen and oxygen atoms in total. The van der Waals surface area contributed by atoms with Crippen LogP contribution in [0, 0.1) is 0 Å². The van der Waals surface area contributed by atoms with Crippen LogP contribution in [-0.4, -0.2) is 194 Å². The molecule has 0 aliphatic rings. The van der Waals surface area contributed by atoms with E-state index in [9.17, 15) is 9.59 Å². The number of ether oxygens (including phenoxy) is 14. The number of aliphatic carboxylic acids is 1. The summed E-state index contributed by atoms with van der Waals surface area (Å²) in [5.74, 6) is -1.27. The number of carbonyl (C=O) groups is 2. The first-order valence-electron chi connectivity index (χ1n) is 17.3. The predicted octanol–water partition coefficient (Wildman–Crippen LogP) is 1.02. The summed E-state index contributed by atoms with van der Waals surface area (Å²) in [5.41, 5.74) is -0.516. The Morgan fingerprint density at radius 1 is 0.360 bits per heavy atom. The van der Waals surface area contributed by atoms with Crippen LogP contribution in [0.2, 0.25) is 0 Å². The SMILES string of the molecule is CC(C)(C)OC(=O)COCCOCCOCCOCCOCCOCCOCCOCCOCCOCCOCCOCCOCCC(=O)O. The van der Waals surface area contributed by atoms with E-state index in [0.29, 0.717) is 159 Å². The predicted molar refractivity (Wildman–Crippen MR) is 179 cm³/mol. The highest BCUT2D eigenvalue weighted by molar-refractivity contribution is 5.71. The average Bonchev–Trinajstić information content (AvgIpc) is 3.06. The second-order valence-electron chi connectivity index (χ2n) is 11.1. The third-order valence-corrected chi connectivity index (χ3v) is 5.56. The smallest absolute Gasteiger partial charge is 0.332 e. The van der Waals surface area contributed by atoms with Gasteiger partial charge < -0.3 is 71.4 Å². The third-order valence-electron chi connectivity index (χ3n) is 5.56. The molecule has 0 aromatic carbocycles. The first-order valence-corrected chi connectivity index (χ1v) is 17.3. The largest absolute Gasteiger partial charge is 0.481 e. The zero-order valence-corrected chi connectivity index (χ0v) is 30.6. The molecule has 0 unspecified atom stereocenters. The normalized spacial score (nSPS) is 11.7. The van der Waals surface area contributed by atoms with Crippen molar-refractivity contribution in [2.45, 2.75) is 32.8 Å². The fraction of sp³-hybridized carbons (Fsp3) is 0.939. The molecule has 0 spiro atoms. The Kier molecular flexibility index (Phi) is 37.4. The number of rotatable bonds is 41. The highest BCUT2D eigenvalue weighted by Gasteiger charge is 2.15. The lowest BCUT2D eigenvalue weighted by atomic mass is 10.2. The molecule has 0 fully saturated rings. The highest BCUT2D eigenvalue weighted by Crippen LogP contribution is 2.06. The third kappa shape index (κ3) is 44.4. The lowest BCUT2D eigenvalue weighted by Gasteiger charge is -2.19. The molecule has 17 heteroatoms. The van der Waals surface area contributed by atoms with Gasteiger partial charge in [0.25, 0.3) is 0 Å². The van der Waals surface area contributed by atoms with E-state index >= 15 is 0 Å². The van der Waals surface area contributed by atoms with Gasteiger partial charge in [-0.05, 0) is 20.8 Å². The average molecular weight is 733 g/mol. The molecule has 0 saturated carbocycles. The van der Waals surface area contributed by atoms with Crippen LogP contribution in [0.15, 0.2) is 0 Å². The van der Waals surface area contributed by atoms with E-state index in [2.05, 4.69) is 0 Å². The zero-order valence-electron chi connectivity index (χ0n) is 30.6. The van der Waals surface area contributed by atoms with Gasteiger partial charge in [-0.2, -0.15) is 0 Å². The summed E-state index contributed by atoms with van der Waals surface area (Å²) in [6, 6.07) is 0. The molecule has 0 heterocycles. The minimum Gasteiger partial charge on any atom is -0.481 e. The molecular weight excluding hydrogens is 668 g/mol.